The van der Waals surface area contributed by atoms with Crippen LogP contribution in [-0.2, 0) is 17.6 Å². The fourth-order valence-electron chi connectivity index (χ4n) is 2.11. The minimum Gasteiger partial charge on any atom is -0.464 e. The van der Waals surface area contributed by atoms with Crippen LogP contribution in [0.25, 0.3) is 5.69 Å². The van der Waals surface area contributed by atoms with Crippen molar-refractivity contribution in [3.05, 3.63) is 41.3 Å². The van der Waals surface area contributed by atoms with Crippen molar-refractivity contribution in [3.8, 4) is 11.8 Å². The third-order valence-corrected chi connectivity index (χ3v) is 3.16. The van der Waals surface area contributed by atoms with Gasteiger partial charge in [0.15, 0.2) is 5.69 Å². The molecular weight excluding hydrogens is 268 g/mol. The zero-order valence-electron chi connectivity index (χ0n) is 12.0. The first-order chi connectivity index (χ1) is 10.1. The summed E-state index contributed by atoms with van der Waals surface area (Å²) in [5, 5.41) is 8.69. The Morgan fingerprint density at radius 2 is 2.10 bits per heavy atom. The number of imidazole rings is 1. The third kappa shape index (κ3) is 2.72. The number of aryl methyl sites for hydroxylation is 1. The lowest BCUT2D eigenvalue weighted by Crippen LogP contribution is -2.08. The molecule has 0 aliphatic rings. The van der Waals surface area contributed by atoms with E-state index in [1.807, 2.05) is 31.2 Å². The number of aromatic nitrogens is 2. The number of hydrogen-bond donors (Lipinski definition) is 1. The third-order valence-electron chi connectivity index (χ3n) is 3.16. The summed E-state index contributed by atoms with van der Waals surface area (Å²) in [7, 11) is 1.29. The first kappa shape index (κ1) is 14.6. The SMILES string of the molecule is CCc1nc(C(=O)OC)c(N)n1-c1ccc(CC#N)cc1. The monoisotopic (exact) mass is 284 g/mol. The number of nitrogens with two attached hydrogens (primary N) is 1. The van der Waals surface area contributed by atoms with Crippen molar-refractivity contribution in [1.82, 2.24) is 9.55 Å². The lowest BCUT2D eigenvalue weighted by atomic mass is 10.1. The molecule has 0 saturated heterocycles. The smallest absolute Gasteiger partial charge is 0.360 e. The number of rotatable bonds is 4. The summed E-state index contributed by atoms with van der Waals surface area (Å²) in [5.74, 6) is 0.384. The molecule has 0 unspecified atom stereocenters. The maximum absolute atomic E-state index is 11.7. The molecule has 21 heavy (non-hydrogen) atoms. The number of carbonyl (C=O) groups excluding carboxylic acids is 1. The number of methoxy groups -OCH3 is 1. The van der Waals surface area contributed by atoms with Gasteiger partial charge in [-0.2, -0.15) is 5.26 Å². The van der Waals surface area contributed by atoms with Crippen LogP contribution in [0.1, 0.15) is 28.8 Å². The van der Waals surface area contributed by atoms with Gasteiger partial charge in [0.1, 0.15) is 11.6 Å². The van der Waals surface area contributed by atoms with E-state index in [2.05, 4.69) is 15.8 Å². The lowest BCUT2D eigenvalue weighted by Gasteiger charge is -2.09. The van der Waals surface area contributed by atoms with Gasteiger partial charge >= 0.3 is 5.97 Å². The number of nitrogen functional groups attached to an aromatic ring is 1. The predicted octanol–water partition coefficient (Wildman–Crippen LogP) is 1.87. The molecule has 0 aliphatic heterocycles. The van der Waals surface area contributed by atoms with Gasteiger partial charge in [0.25, 0.3) is 0 Å². The normalized spacial score (nSPS) is 10.1. The topological polar surface area (TPSA) is 93.9 Å². The standard InChI is InChI=1S/C15H16N4O2/c1-3-12-18-13(15(20)21-2)14(17)19(12)11-6-4-10(5-7-11)8-9-16/h4-7H,3,8,17H2,1-2H3. The second-order valence-corrected chi connectivity index (χ2v) is 4.44. The Kier molecular flexibility index (Phi) is 4.24. The molecule has 108 valence electrons. The average Bonchev–Trinajstić information content (AvgIpc) is 2.84. The Morgan fingerprint density at radius 3 is 2.62 bits per heavy atom. The van der Waals surface area contributed by atoms with Gasteiger partial charge in [-0.05, 0) is 17.7 Å². The number of hydrogen-bond acceptors (Lipinski definition) is 5. The van der Waals surface area contributed by atoms with Gasteiger partial charge in [-0.15, -0.1) is 0 Å². The molecular formula is C15H16N4O2. The molecule has 6 nitrogen and oxygen atoms in total. The summed E-state index contributed by atoms with van der Waals surface area (Å²) in [6.07, 6.45) is 0.981. The van der Waals surface area contributed by atoms with Gasteiger partial charge in [0.2, 0.25) is 0 Å². The molecule has 0 fully saturated rings. The van der Waals surface area contributed by atoms with Gasteiger partial charge in [-0.3, -0.25) is 4.57 Å². The van der Waals surface area contributed by atoms with Gasteiger partial charge in [-0.1, -0.05) is 19.1 Å². The summed E-state index contributed by atoms with van der Waals surface area (Å²) in [6.45, 7) is 1.93. The summed E-state index contributed by atoms with van der Waals surface area (Å²) < 4.78 is 6.41. The van der Waals surface area contributed by atoms with Crippen LogP contribution in [0.15, 0.2) is 24.3 Å². The zero-order chi connectivity index (χ0) is 15.4. The highest BCUT2D eigenvalue weighted by Crippen LogP contribution is 2.22. The van der Waals surface area contributed by atoms with Gasteiger partial charge in [0, 0.05) is 12.1 Å². The van der Waals surface area contributed by atoms with Crippen molar-refractivity contribution in [2.45, 2.75) is 19.8 Å². The van der Waals surface area contributed by atoms with Crippen molar-refractivity contribution >= 4 is 11.8 Å². The van der Waals surface area contributed by atoms with Crippen LogP contribution in [0, 0.1) is 11.3 Å². The van der Waals surface area contributed by atoms with Crippen LogP contribution in [0.2, 0.25) is 0 Å². The van der Waals surface area contributed by atoms with E-state index in [0.29, 0.717) is 18.7 Å². The molecule has 1 aromatic carbocycles. The average molecular weight is 284 g/mol. The predicted molar refractivity (Wildman–Crippen MR) is 78.0 cm³/mol. The molecule has 2 N–H and O–H groups in total. The molecule has 0 spiro atoms. The van der Waals surface area contributed by atoms with E-state index in [4.69, 9.17) is 11.0 Å². The van der Waals surface area contributed by atoms with E-state index >= 15 is 0 Å². The van der Waals surface area contributed by atoms with Gasteiger partial charge in [-0.25, -0.2) is 9.78 Å². The van der Waals surface area contributed by atoms with Gasteiger partial charge in [0.05, 0.1) is 19.6 Å². The maximum atomic E-state index is 11.7. The van der Waals surface area contributed by atoms with E-state index in [1.54, 1.807) is 4.57 Å². The summed E-state index contributed by atoms with van der Waals surface area (Å²) in [4.78, 5) is 15.9. The highest BCUT2D eigenvalue weighted by atomic mass is 16.5. The van der Waals surface area contributed by atoms with Crippen molar-refractivity contribution in [3.63, 3.8) is 0 Å². The lowest BCUT2D eigenvalue weighted by molar-refractivity contribution is 0.0596. The summed E-state index contributed by atoms with van der Waals surface area (Å²) in [6, 6.07) is 9.52. The van der Waals surface area contributed by atoms with Crippen LogP contribution in [0.5, 0.6) is 0 Å². The van der Waals surface area contributed by atoms with E-state index in [-0.39, 0.29) is 11.5 Å². The van der Waals surface area contributed by atoms with Crippen LogP contribution < -0.4 is 5.73 Å². The number of nitrogens with zero attached hydrogens (tertiary/aromatic N) is 3. The largest absolute Gasteiger partial charge is 0.464 e. The van der Waals surface area contributed by atoms with E-state index in [0.717, 1.165) is 11.3 Å². The molecule has 0 bridgehead atoms. The van der Waals surface area contributed by atoms with Crippen molar-refractivity contribution < 1.29 is 9.53 Å². The number of benzene rings is 1. The first-order valence-corrected chi connectivity index (χ1v) is 6.54. The molecule has 0 radical (unpaired) electrons. The molecule has 2 aromatic rings. The number of carbonyl (C=O) groups is 1. The van der Waals surface area contributed by atoms with E-state index in [1.165, 1.54) is 7.11 Å². The highest BCUT2D eigenvalue weighted by Gasteiger charge is 2.21. The number of nitriles is 1. The molecule has 1 heterocycles. The maximum Gasteiger partial charge on any atom is 0.360 e. The fourth-order valence-corrected chi connectivity index (χ4v) is 2.11. The molecule has 0 aliphatic carbocycles. The van der Waals surface area contributed by atoms with Crippen LogP contribution in [0.3, 0.4) is 0 Å². The van der Waals surface area contributed by atoms with Crippen molar-refractivity contribution in [2.24, 2.45) is 0 Å². The molecule has 1 aromatic heterocycles. The molecule has 0 amide bonds. The Morgan fingerprint density at radius 1 is 1.43 bits per heavy atom. The van der Waals surface area contributed by atoms with Crippen LogP contribution in [0.4, 0.5) is 5.82 Å². The fraction of sp³-hybridized carbons (Fsp3) is 0.267. The Balaban J connectivity index is 2.50. The second kappa shape index (κ2) is 6.09. The van der Waals surface area contributed by atoms with Gasteiger partial charge < -0.3 is 10.5 Å². The molecule has 0 saturated carbocycles. The van der Waals surface area contributed by atoms with E-state index in [9.17, 15) is 4.79 Å². The minimum absolute atomic E-state index is 0.121. The molecule has 0 atom stereocenters. The molecule has 2 rings (SSSR count). The Hall–Kier alpha value is -2.81. The summed E-state index contributed by atoms with van der Waals surface area (Å²) >= 11 is 0. The first-order valence-electron chi connectivity index (χ1n) is 6.54. The second-order valence-electron chi connectivity index (χ2n) is 4.44. The highest BCUT2D eigenvalue weighted by molar-refractivity contribution is 5.92. The van der Waals surface area contributed by atoms with E-state index < -0.39 is 5.97 Å². The summed E-state index contributed by atoms with van der Waals surface area (Å²) in [5.41, 5.74) is 7.88. The zero-order valence-corrected chi connectivity index (χ0v) is 12.0. The van der Waals surface area contributed by atoms with Crippen molar-refractivity contribution in [2.75, 3.05) is 12.8 Å². The Labute approximate surface area is 122 Å². The minimum atomic E-state index is -0.554. The number of esters is 1. The molecule has 6 heteroatoms. The quantitative estimate of drug-likeness (QED) is 0.865. The van der Waals surface area contributed by atoms with Crippen molar-refractivity contribution in [1.29, 1.82) is 5.26 Å². The van der Waals surface area contributed by atoms with Crippen LogP contribution >= 0.6 is 0 Å². The number of ether oxygens (including phenoxy) is 1. The number of anilines is 1. The Bertz CT molecular complexity index is 696. The van der Waals surface area contributed by atoms with Crippen LogP contribution in [-0.4, -0.2) is 22.6 Å².